The van der Waals surface area contributed by atoms with Crippen molar-refractivity contribution in [2.45, 2.75) is 45.1 Å². The molecule has 2 aliphatic heterocycles. The molecule has 132 valence electrons. The molecule has 0 radical (unpaired) electrons. The number of ether oxygens (including phenoxy) is 1. The Labute approximate surface area is 145 Å². The van der Waals surface area contributed by atoms with E-state index in [1.54, 1.807) is 0 Å². The molecule has 3 rings (SSSR count). The lowest BCUT2D eigenvalue weighted by Gasteiger charge is -2.34. The molecule has 2 fully saturated rings. The van der Waals surface area contributed by atoms with Crippen molar-refractivity contribution >= 4 is 5.91 Å². The van der Waals surface area contributed by atoms with Crippen LogP contribution in [0.25, 0.3) is 0 Å². The van der Waals surface area contributed by atoms with Crippen molar-refractivity contribution in [2.24, 2.45) is 0 Å². The van der Waals surface area contributed by atoms with Crippen LogP contribution in [0.3, 0.4) is 0 Å². The highest BCUT2D eigenvalue weighted by Gasteiger charge is 2.27. The molecule has 0 saturated carbocycles. The summed E-state index contributed by atoms with van der Waals surface area (Å²) in [4.78, 5) is 16.9. The molecule has 0 aromatic heterocycles. The lowest BCUT2D eigenvalue weighted by molar-refractivity contribution is -0.126. The van der Waals surface area contributed by atoms with Gasteiger partial charge in [-0.15, -0.1) is 0 Å². The molecule has 1 amide bonds. The molecule has 2 aliphatic rings. The van der Waals surface area contributed by atoms with Gasteiger partial charge >= 0.3 is 0 Å². The van der Waals surface area contributed by atoms with E-state index in [2.05, 4.69) is 53.2 Å². The van der Waals surface area contributed by atoms with E-state index in [4.69, 9.17) is 4.74 Å². The van der Waals surface area contributed by atoms with Gasteiger partial charge in [-0.3, -0.25) is 14.6 Å². The fraction of sp³-hybridized carbons (Fsp3) is 0.632. The van der Waals surface area contributed by atoms with Crippen LogP contribution in [0.5, 0.6) is 0 Å². The van der Waals surface area contributed by atoms with Gasteiger partial charge in [0, 0.05) is 38.8 Å². The molecule has 0 aliphatic carbocycles. The van der Waals surface area contributed by atoms with Crippen molar-refractivity contribution in [3.63, 3.8) is 0 Å². The molecular weight excluding hydrogens is 302 g/mol. The van der Waals surface area contributed by atoms with Crippen molar-refractivity contribution in [1.29, 1.82) is 0 Å². The fourth-order valence-corrected chi connectivity index (χ4v) is 3.83. The fourth-order valence-electron chi connectivity index (χ4n) is 3.83. The Morgan fingerprint density at radius 1 is 1.12 bits per heavy atom. The van der Waals surface area contributed by atoms with Crippen LogP contribution in [0.2, 0.25) is 0 Å². The topological polar surface area (TPSA) is 44.8 Å². The summed E-state index contributed by atoms with van der Waals surface area (Å²) in [7, 11) is 0. The molecule has 1 aromatic carbocycles. The molecule has 5 heteroatoms. The molecule has 0 bridgehead atoms. The number of amides is 1. The molecule has 3 unspecified atom stereocenters. The Morgan fingerprint density at radius 2 is 1.83 bits per heavy atom. The number of rotatable bonds is 5. The van der Waals surface area contributed by atoms with Crippen molar-refractivity contribution < 1.29 is 9.53 Å². The average molecular weight is 331 g/mol. The second-order valence-electron chi connectivity index (χ2n) is 7.23. The summed E-state index contributed by atoms with van der Waals surface area (Å²) >= 11 is 0. The number of nitrogens with one attached hydrogen (secondary N) is 1. The molecule has 5 nitrogen and oxygen atoms in total. The number of nitrogens with zero attached hydrogens (tertiary/aromatic N) is 2. The van der Waals surface area contributed by atoms with Crippen LogP contribution in [-0.4, -0.2) is 66.7 Å². The Balaban J connectivity index is 1.41. The zero-order chi connectivity index (χ0) is 16.9. The third-order valence-electron chi connectivity index (χ3n) is 4.75. The van der Waals surface area contributed by atoms with E-state index in [-0.39, 0.29) is 24.2 Å². The smallest absolute Gasteiger partial charge is 0.234 e. The first kappa shape index (κ1) is 17.4. The SMILES string of the molecule is CC1CN(CC(=O)NC2CCN(Cc3ccccc3)C2)CC(C)O1. The Kier molecular flexibility index (Phi) is 5.87. The molecule has 2 heterocycles. The summed E-state index contributed by atoms with van der Waals surface area (Å²) in [5.41, 5.74) is 1.33. The van der Waals surface area contributed by atoms with Crippen LogP contribution in [0, 0.1) is 0 Å². The number of carbonyl (C=O) groups is 1. The van der Waals surface area contributed by atoms with Crippen molar-refractivity contribution in [1.82, 2.24) is 15.1 Å². The summed E-state index contributed by atoms with van der Waals surface area (Å²) in [6.07, 6.45) is 1.44. The molecule has 0 spiro atoms. The molecule has 24 heavy (non-hydrogen) atoms. The minimum absolute atomic E-state index is 0.142. The quantitative estimate of drug-likeness (QED) is 0.888. The number of morpholine rings is 1. The average Bonchev–Trinajstić information content (AvgIpc) is 2.94. The van der Waals surface area contributed by atoms with Crippen LogP contribution in [0.1, 0.15) is 25.8 Å². The first-order chi connectivity index (χ1) is 11.6. The maximum absolute atomic E-state index is 12.3. The standard InChI is InChI=1S/C19H29N3O2/c1-15-10-22(11-16(2)24-15)14-19(23)20-18-8-9-21(13-18)12-17-6-4-3-5-7-17/h3-7,15-16,18H,8-14H2,1-2H3,(H,20,23). The van der Waals surface area contributed by atoms with Gasteiger partial charge in [0.05, 0.1) is 18.8 Å². The third-order valence-corrected chi connectivity index (χ3v) is 4.75. The molecule has 3 atom stereocenters. The summed E-state index contributed by atoms with van der Waals surface area (Å²) in [5.74, 6) is 0.142. The molecule has 1 aromatic rings. The minimum atomic E-state index is 0.142. The van der Waals surface area contributed by atoms with E-state index in [1.807, 2.05) is 6.07 Å². The first-order valence-electron chi connectivity index (χ1n) is 9.02. The van der Waals surface area contributed by atoms with Gasteiger partial charge in [-0.25, -0.2) is 0 Å². The third kappa shape index (κ3) is 5.03. The van der Waals surface area contributed by atoms with E-state index in [0.29, 0.717) is 6.54 Å². The first-order valence-corrected chi connectivity index (χ1v) is 9.02. The van der Waals surface area contributed by atoms with Crippen LogP contribution >= 0.6 is 0 Å². The zero-order valence-corrected chi connectivity index (χ0v) is 14.8. The van der Waals surface area contributed by atoms with Gasteiger partial charge < -0.3 is 10.1 Å². The largest absolute Gasteiger partial charge is 0.373 e. The van der Waals surface area contributed by atoms with E-state index in [9.17, 15) is 4.79 Å². The van der Waals surface area contributed by atoms with E-state index in [0.717, 1.165) is 39.1 Å². The maximum atomic E-state index is 12.3. The summed E-state index contributed by atoms with van der Waals surface area (Å²) in [6.45, 7) is 9.24. The highest BCUT2D eigenvalue weighted by Crippen LogP contribution is 2.14. The van der Waals surface area contributed by atoms with E-state index < -0.39 is 0 Å². The van der Waals surface area contributed by atoms with E-state index >= 15 is 0 Å². The van der Waals surface area contributed by atoms with Crippen molar-refractivity contribution in [2.75, 3.05) is 32.7 Å². The predicted octanol–water partition coefficient (Wildman–Crippen LogP) is 1.49. The van der Waals surface area contributed by atoms with Crippen molar-refractivity contribution in [3.8, 4) is 0 Å². The van der Waals surface area contributed by atoms with Crippen molar-refractivity contribution in [3.05, 3.63) is 35.9 Å². The zero-order valence-electron chi connectivity index (χ0n) is 14.8. The molecule has 2 saturated heterocycles. The van der Waals surface area contributed by atoms with Gasteiger partial charge in [0.25, 0.3) is 0 Å². The summed E-state index contributed by atoms with van der Waals surface area (Å²) in [6, 6.07) is 10.8. The number of hydrogen-bond donors (Lipinski definition) is 1. The Bertz CT molecular complexity index is 527. The lowest BCUT2D eigenvalue weighted by Crippen LogP contribution is -2.50. The lowest BCUT2D eigenvalue weighted by atomic mass is 10.2. The van der Waals surface area contributed by atoms with Gasteiger partial charge in [0.15, 0.2) is 0 Å². The second-order valence-corrected chi connectivity index (χ2v) is 7.23. The van der Waals surface area contributed by atoms with Crippen LogP contribution in [0.15, 0.2) is 30.3 Å². The van der Waals surface area contributed by atoms with Crippen LogP contribution < -0.4 is 5.32 Å². The number of likely N-dealkylation sites (tertiary alicyclic amines) is 1. The van der Waals surface area contributed by atoms with Crippen LogP contribution in [0.4, 0.5) is 0 Å². The van der Waals surface area contributed by atoms with Gasteiger partial charge in [0.1, 0.15) is 0 Å². The number of hydrogen-bond acceptors (Lipinski definition) is 4. The van der Waals surface area contributed by atoms with Gasteiger partial charge in [-0.2, -0.15) is 0 Å². The van der Waals surface area contributed by atoms with Crippen LogP contribution in [-0.2, 0) is 16.1 Å². The maximum Gasteiger partial charge on any atom is 0.234 e. The summed E-state index contributed by atoms with van der Waals surface area (Å²) in [5, 5.41) is 3.21. The Morgan fingerprint density at radius 3 is 2.54 bits per heavy atom. The Hall–Kier alpha value is -1.43. The number of benzene rings is 1. The predicted molar refractivity (Wildman–Crippen MR) is 94.7 cm³/mol. The van der Waals surface area contributed by atoms with Gasteiger partial charge in [0.2, 0.25) is 5.91 Å². The number of carbonyl (C=O) groups excluding carboxylic acids is 1. The highest BCUT2D eigenvalue weighted by atomic mass is 16.5. The molecule has 1 N–H and O–H groups in total. The normalized spacial score (nSPS) is 28.8. The second kappa shape index (κ2) is 8.10. The minimum Gasteiger partial charge on any atom is -0.373 e. The molecular formula is C19H29N3O2. The van der Waals surface area contributed by atoms with E-state index in [1.165, 1.54) is 5.56 Å². The summed E-state index contributed by atoms with van der Waals surface area (Å²) < 4.78 is 5.72. The monoisotopic (exact) mass is 331 g/mol. The van der Waals surface area contributed by atoms with Gasteiger partial charge in [-0.1, -0.05) is 30.3 Å². The highest BCUT2D eigenvalue weighted by molar-refractivity contribution is 5.78. The van der Waals surface area contributed by atoms with Gasteiger partial charge in [-0.05, 0) is 25.8 Å².